The Labute approximate surface area is 119 Å². The van der Waals surface area contributed by atoms with E-state index in [1.54, 1.807) is 12.1 Å². The lowest BCUT2D eigenvalue weighted by atomic mass is 10.3. The van der Waals surface area contributed by atoms with Gasteiger partial charge in [0.15, 0.2) is 5.75 Å². The Morgan fingerprint density at radius 2 is 2.28 bits per heavy atom. The SMILES string of the molecule is Nc1cc(Cl)cc(Br)c1OCCC(=O)NC1CC1. The van der Waals surface area contributed by atoms with E-state index in [0.717, 1.165) is 12.8 Å². The molecule has 0 saturated heterocycles. The summed E-state index contributed by atoms with van der Waals surface area (Å²) < 4.78 is 6.19. The van der Waals surface area contributed by atoms with E-state index in [-0.39, 0.29) is 5.91 Å². The summed E-state index contributed by atoms with van der Waals surface area (Å²) in [5.41, 5.74) is 6.25. The number of nitrogen functional groups attached to an aromatic ring is 1. The van der Waals surface area contributed by atoms with Crippen LogP contribution in [0, 0.1) is 0 Å². The summed E-state index contributed by atoms with van der Waals surface area (Å²) in [6.45, 7) is 0.295. The summed E-state index contributed by atoms with van der Waals surface area (Å²) in [7, 11) is 0. The second-order valence-corrected chi connectivity index (χ2v) is 5.54. The zero-order valence-corrected chi connectivity index (χ0v) is 12.1. The average molecular weight is 334 g/mol. The quantitative estimate of drug-likeness (QED) is 0.814. The number of hydrogen-bond donors (Lipinski definition) is 2. The highest BCUT2D eigenvalue weighted by Crippen LogP contribution is 2.34. The second-order valence-electron chi connectivity index (χ2n) is 4.25. The van der Waals surface area contributed by atoms with Gasteiger partial charge in [0.1, 0.15) is 0 Å². The zero-order valence-electron chi connectivity index (χ0n) is 9.71. The molecule has 0 radical (unpaired) electrons. The fraction of sp³-hybridized carbons (Fsp3) is 0.417. The predicted octanol–water partition coefficient (Wildman–Crippen LogP) is 2.73. The molecule has 18 heavy (non-hydrogen) atoms. The molecule has 0 aromatic heterocycles. The van der Waals surface area contributed by atoms with Gasteiger partial charge < -0.3 is 15.8 Å². The smallest absolute Gasteiger partial charge is 0.223 e. The van der Waals surface area contributed by atoms with E-state index < -0.39 is 0 Å². The largest absolute Gasteiger partial charge is 0.490 e. The summed E-state index contributed by atoms with van der Waals surface area (Å²) in [4.78, 5) is 11.5. The molecule has 98 valence electrons. The van der Waals surface area contributed by atoms with Crippen molar-refractivity contribution in [2.45, 2.75) is 25.3 Å². The van der Waals surface area contributed by atoms with E-state index in [1.165, 1.54) is 0 Å². The number of rotatable bonds is 5. The lowest BCUT2D eigenvalue weighted by Crippen LogP contribution is -2.26. The van der Waals surface area contributed by atoms with Crippen LogP contribution >= 0.6 is 27.5 Å². The van der Waals surface area contributed by atoms with Gasteiger partial charge in [-0.3, -0.25) is 4.79 Å². The molecule has 4 nitrogen and oxygen atoms in total. The molecule has 0 aliphatic heterocycles. The van der Waals surface area contributed by atoms with Crippen molar-refractivity contribution in [3.05, 3.63) is 21.6 Å². The summed E-state index contributed by atoms with van der Waals surface area (Å²) in [5, 5.41) is 3.44. The topological polar surface area (TPSA) is 64.3 Å². The Hall–Kier alpha value is -0.940. The first-order valence-electron chi connectivity index (χ1n) is 5.73. The molecule has 1 aliphatic rings. The molecule has 1 aromatic carbocycles. The monoisotopic (exact) mass is 332 g/mol. The molecule has 1 amide bonds. The van der Waals surface area contributed by atoms with Crippen molar-refractivity contribution in [3.63, 3.8) is 0 Å². The number of ether oxygens (including phenoxy) is 1. The Balaban J connectivity index is 1.84. The van der Waals surface area contributed by atoms with E-state index in [1.807, 2.05) is 0 Å². The van der Waals surface area contributed by atoms with Gasteiger partial charge in [0, 0.05) is 11.1 Å². The minimum Gasteiger partial charge on any atom is -0.490 e. The van der Waals surface area contributed by atoms with Gasteiger partial charge in [0.25, 0.3) is 0 Å². The number of nitrogens with one attached hydrogen (secondary N) is 1. The van der Waals surface area contributed by atoms with Gasteiger partial charge in [0.05, 0.1) is 23.2 Å². The fourth-order valence-electron chi connectivity index (χ4n) is 1.51. The van der Waals surface area contributed by atoms with Gasteiger partial charge in [-0.25, -0.2) is 0 Å². The maximum absolute atomic E-state index is 11.5. The van der Waals surface area contributed by atoms with E-state index in [2.05, 4.69) is 21.2 Å². The minimum absolute atomic E-state index is 0.0150. The van der Waals surface area contributed by atoms with Gasteiger partial charge in [0.2, 0.25) is 5.91 Å². The Kier molecular flexibility index (Phi) is 4.35. The third-order valence-electron chi connectivity index (χ3n) is 2.56. The molecule has 0 atom stereocenters. The van der Waals surface area contributed by atoms with Crippen LogP contribution in [0.1, 0.15) is 19.3 Å². The van der Waals surface area contributed by atoms with Gasteiger partial charge in [-0.05, 0) is 40.9 Å². The zero-order chi connectivity index (χ0) is 13.1. The number of nitrogens with two attached hydrogens (primary N) is 1. The number of hydrogen-bond acceptors (Lipinski definition) is 3. The van der Waals surface area contributed by atoms with E-state index >= 15 is 0 Å². The molecule has 0 unspecified atom stereocenters. The fourth-order valence-corrected chi connectivity index (χ4v) is 2.45. The average Bonchev–Trinajstić information content (AvgIpc) is 3.05. The van der Waals surface area contributed by atoms with E-state index in [4.69, 9.17) is 22.1 Å². The number of anilines is 1. The van der Waals surface area contributed by atoms with Crippen molar-refractivity contribution < 1.29 is 9.53 Å². The molecule has 2 rings (SSSR count). The maximum atomic E-state index is 11.5. The van der Waals surface area contributed by atoms with Crippen LogP contribution in [-0.2, 0) is 4.79 Å². The third-order valence-corrected chi connectivity index (χ3v) is 3.36. The number of carbonyl (C=O) groups excluding carboxylic acids is 1. The third kappa shape index (κ3) is 3.78. The molecule has 0 bridgehead atoms. The van der Waals surface area contributed by atoms with Crippen molar-refractivity contribution >= 4 is 39.1 Å². The van der Waals surface area contributed by atoms with E-state index in [9.17, 15) is 4.79 Å². The number of benzene rings is 1. The van der Waals surface area contributed by atoms with E-state index in [0.29, 0.717) is 40.0 Å². The van der Waals surface area contributed by atoms with Crippen LogP contribution in [0.4, 0.5) is 5.69 Å². The molecular weight excluding hydrogens is 320 g/mol. The molecule has 0 heterocycles. The lowest BCUT2D eigenvalue weighted by Gasteiger charge is -2.11. The first kappa shape index (κ1) is 13.5. The highest BCUT2D eigenvalue weighted by molar-refractivity contribution is 9.10. The minimum atomic E-state index is 0.0150. The second kappa shape index (κ2) is 5.80. The number of amides is 1. The van der Waals surface area contributed by atoms with Crippen molar-refractivity contribution in [2.75, 3.05) is 12.3 Å². The van der Waals surface area contributed by atoms with Crippen molar-refractivity contribution in [1.82, 2.24) is 5.32 Å². The molecule has 3 N–H and O–H groups in total. The summed E-state index contributed by atoms with van der Waals surface area (Å²) >= 11 is 9.17. The van der Waals surface area contributed by atoms with Crippen molar-refractivity contribution in [3.8, 4) is 5.75 Å². The first-order valence-corrected chi connectivity index (χ1v) is 6.90. The van der Waals surface area contributed by atoms with Gasteiger partial charge >= 0.3 is 0 Å². The van der Waals surface area contributed by atoms with Gasteiger partial charge in [-0.1, -0.05) is 11.6 Å². The number of halogens is 2. The summed E-state index contributed by atoms with van der Waals surface area (Å²) in [6, 6.07) is 3.70. The van der Waals surface area contributed by atoms with Crippen LogP contribution in [0.5, 0.6) is 5.75 Å². The highest BCUT2D eigenvalue weighted by Gasteiger charge is 2.22. The predicted molar refractivity (Wildman–Crippen MR) is 74.8 cm³/mol. The standard InChI is InChI=1S/C12H14BrClN2O2/c13-9-5-7(14)6-10(15)12(9)18-4-3-11(17)16-8-1-2-8/h5-6,8H,1-4,15H2,(H,16,17). The van der Waals surface area contributed by atoms with Crippen molar-refractivity contribution in [1.29, 1.82) is 0 Å². The van der Waals surface area contributed by atoms with Crippen LogP contribution in [0.3, 0.4) is 0 Å². The molecule has 1 fully saturated rings. The van der Waals surface area contributed by atoms with Crippen LogP contribution in [-0.4, -0.2) is 18.6 Å². The van der Waals surface area contributed by atoms with Crippen LogP contribution in [0.25, 0.3) is 0 Å². The molecular formula is C12H14BrClN2O2. The Morgan fingerprint density at radius 1 is 1.56 bits per heavy atom. The van der Waals surface area contributed by atoms with Crippen LogP contribution < -0.4 is 15.8 Å². The van der Waals surface area contributed by atoms with Gasteiger partial charge in [-0.2, -0.15) is 0 Å². The Bertz CT molecular complexity index is 440. The number of carbonyl (C=O) groups is 1. The summed E-state index contributed by atoms with van der Waals surface area (Å²) in [5.74, 6) is 0.541. The lowest BCUT2D eigenvalue weighted by molar-refractivity contribution is -0.121. The van der Waals surface area contributed by atoms with Crippen LogP contribution in [0.15, 0.2) is 16.6 Å². The normalized spacial score (nSPS) is 14.3. The highest BCUT2D eigenvalue weighted by atomic mass is 79.9. The van der Waals surface area contributed by atoms with Gasteiger partial charge in [-0.15, -0.1) is 0 Å². The van der Waals surface area contributed by atoms with Crippen molar-refractivity contribution in [2.24, 2.45) is 0 Å². The summed E-state index contributed by atoms with van der Waals surface area (Å²) in [6.07, 6.45) is 2.50. The molecule has 1 aromatic rings. The molecule has 1 saturated carbocycles. The first-order chi connectivity index (χ1) is 8.56. The molecule has 1 aliphatic carbocycles. The maximum Gasteiger partial charge on any atom is 0.223 e. The van der Waals surface area contributed by atoms with Crippen LogP contribution in [0.2, 0.25) is 5.02 Å². The Morgan fingerprint density at radius 3 is 2.89 bits per heavy atom. The molecule has 0 spiro atoms. The molecule has 6 heteroatoms.